The molecular formula is C22H29O5P. The van der Waals surface area contributed by atoms with E-state index in [4.69, 9.17) is 13.8 Å². The molecular weight excluding hydrogens is 375 g/mol. The number of hydrogen-bond acceptors (Lipinski definition) is 5. The molecule has 2 aromatic carbocycles. The maximum absolute atomic E-state index is 12.9. The van der Waals surface area contributed by atoms with Gasteiger partial charge >= 0.3 is 13.6 Å². The quantitative estimate of drug-likeness (QED) is 0.374. The molecule has 0 aliphatic carbocycles. The molecule has 0 amide bonds. The van der Waals surface area contributed by atoms with Crippen molar-refractivity contribution in [3.63, 3.8) is 0 Å². The van der Waals surface area contributed by atoms with E-state index in [0.717, 1.165) is 16.7 Å². The number of hydrogen-bond donors (Lipinski definition) is 0. The average molecular weight is 404 g/mol. The van der Waals surface area contributed by atoms with E-state index in [-0.39, 0.29) is 32.0 Å². The van der Waals surface area contributed by atoms with Crippen molar-refractivity contribution in [1.82, 2.24) is 0 Å². The van der Waals surface area contributed by atoms with E-state index in [0.29, 0.717) is 6.42 Å². The Balaban J connectivity index is 2.17. The van der Waals surface area contributed by atoms with Crippen LogP contribution in [0.3, 0.4) is 0 Å². The first kappa shape index (κ1) is 22.4. The summed E-state index contributed by atoms with van der Waals surface area (Å²) in [6, 6.07) is 18.1. The van der Waals surface area contributed by atoms with Gasteiger partial charge in [0.15, 0.2) is 0 Å². The number of carbonyl (C=O) groups is 1. The van der Waals surface area contributed by atoms with Crippen molar-refractivity contribution in [2.24, 2.45) is 5.92 Å². The number of rotatable bonds is 11. The Kier molecular flexibility index (Phi) is 8.91. The van der Waals surface area contributed by atoms with Crippen LogP contribution in [0.4, 0.5) is 0 Å². The van der Waals surface area contributed by atoms with Crippen LogP contribution in [0.2, 0.25) is 0 Å². The minimum absolute atomic E-state index is 0.00789. The zero-order valence-corrected chi connectivity index (χ0v) is 17.7. The molecule has 0 bridgehead atoms. The molecule has 0 heterocycles. The lowest BCUT2D eigenvalue weighted by molar-refractivity contribution is -0.147. The van der Waals surface area contributed by atoms with Gasteiger partial charge in [0.2, 0.25) is 0 Å². The normalized spacial score (nSPS) is 12.5. The molecule has 0 spiro atoms. The van der Waals surface area contributed by atoms with Crippen molar-refractivity contribution in [3.8, 4) is 11.1 Å². The van der Waals surface area contributed by atoms with Crippen molar-refractivity contribution in [2.45, 2.75) is 27.2 Å². The summed E-state index contributed by atoms with van der Waals surface area (Å²) in [5, 5.41) is 0. The average Bonchev–Trinajstić information content (AvgIpc) is 2.69. The first-order chi connectivity index (χ1) is 13.5. The SMILES string of the molecule is CCOC(=O)[C@@H](Cc1ccc(-c2ccccc2)cc1)CP(=O)(OCC)OCC. The molecule has 2 aromatic rings. The van der Waals surface area contributed by atoms with Crippen molar-refractivity contribution in [3.05, 3.63) is 60.2 Å². The Morgan fingerprint density at radius 3 is 1.96 bits per heavy atom. The van der Waals surface area contributed by atoms with E-state index in [1.54, 1.807) is 20.8 Å². The lowest BCUT2D eigenvalue weighted by atomic mass is 9.98. The van der Waals surface area contributed by atoms with Gasteiger partial charge in [0.25, 0.3) is 0 Å². The summed E-state index contributed by atoms with van der Waals surface area (Å²) < 4.78 is 28.8. The van der Waals surface area contributed by atoms with Crippen LogP contribution in [-0.2, 0) is 29.6 Å². The van der Waals surface area contributed by atoms with Gasteiger partial charge in [0, 0.05) is 0 Å². The highest BCUT2D eigenvalue weighted by atomic mass is 31.2. The molecule has 2 rings (SSSR count). The number of ether oxygens (including phenoxy) is 1. The highest BCUT2D eigenvalue weighted by molar-refractivity contribution is 7.53. The molecule has 0 fully saturated rings. The summed E-state index contributed by atoms with van der Waals surface area (Å²) in [6.07, 6.45) is 0.423. The third-order valence-electron chi connectivity index (χ3n) is 4.26. The summed E-state index contributed by atoms with van der Waals surface area (Å²) in [4.78, 5) is 12.5. The Bertz CT molecular complexity index is 763. The van der Waals surface area contributed by atoms with E-state index < -0.39 is 13.5 Å². The molecule has 0 saturated carbocycles. The van der Waals surface area contributed by atoms with Gasteiger partial charge in [-0.05, 0) is 43.9 Å². The Labute approximate surface area is 167 Å². The largest absolute Gasteiger partial charge is 0.466 e. The molecule has 152 valence electrons. The topological polar surface area (TPSA) is 61.8 Å². The third-order valence-corrected chi connectivity index (χ3v) is 6.45. The van der Waals surface area contributed by atoms with E-state index in [1.165, 1.54) is 0 Å². The fraction of sp³-hybridized carbons (Fsp3) is 0.409. The second-order valence-electron chi connectivity index (χ2n) is 6.35. The van der Waals surface area contributed by atoms with Gasteiger partial charge in [-0.3, -0.25) is 9.36 Å². The van der Waals surface area contributed by atoms with Gasteiger partial charge < -0.3 is 13.8 Å². The van der Waals surface area contributed by atoms with E-state index in [2.05, 4.69) is 12.1 Å². The zero-order chi connectivity index (χ0) is 20.4. The predicted octanol–water partition coefficient (Wildman–Crippen LogP) is 5.34. The van der Waals surface area contributed by atoms with Gasteiger partial charge in [0.05, 0.1) is 31.9 Å². The molecule has 0 aromatic heterocycles. The molecule has 5 nitrogen and oxygen atoms in total. The summed E-state index contributed by atoms with van der Waals surface area (Å²) in [7, 11) is -3.35. The third kappa shape index (κ3) is 6.59. The van der Waals surface area contributed by atoms with Gasteiger partial charge in [-0.25, -0.2) is 0 Å². The van der Waals surface area contributed by atoms with Gasteiger partial charge in [-0.15, -0.1) is 0 Å². The molecule has 0 N–H and O–H groups in total. The van der Waals surface area contributed by atoms with Crippen LogP contribution in [0.5, 0.6) is 0 Å². The van der Waals surface area contributed by atoms with Crippen LogP contribution >= 0.6 is 7.60 Å². The molecule has 0 aliphatic heterocycles. The van der Waals surface area contributed by atoms with Crippen LogP contribution in [0.15, 0.2) is 54.6 Å². The Morgan fingerprint density at radius 2 is 1.43 bits per heavy atom. The molecule has 1 atom stereocenters. The van der Waals surface area contributed by atoms with Crippen LogP contribution in [0.25, 0.3) is 11.1 Å². The predicted molar refractivity (Wildman–Crippen MR) is 111 cm³/mol. The smallest absolute Gasteiger partial charge is 0.331 e. The lowest BCUT2D eigenvalue weighted by Gasteiger charge is -2.22. The summed E-state index contributed by atoms with van der Waals surface area (Å²) in [5.41, 5.74) is 3.21. The minimum atomic E-state index is -3.35. The minimum Gasteiger partial charge on any atom is -0.466 e. The van der Waals surface area contributed by atoms with Crippen LogP contribution in [-0.4, -0.2) is 32.0 Å². The summed E-state index contributed by atoms with van der Waals surface area (Å²) >= 11 is 0. The fourth-order valence-electron chi connectivity index (χ4n) is 3.04. The molecule has 28 heavy (non-hydrogen) atoms. The summed E-state index contributed by atoms with van der Waals surface area (Å²) in [6.45, 7) is 6.07. The lowest BCUT2D eigenvalue weighted by Crippen LogP contribution is -2.24. The van der Waals surface area contributed by atoms with Gasteiger partial charge in [-0.2, -0.15) is 0 Å². The van der Waals surface area contributed by atoms with E-state index in [1.807, 2.05) is 42.5 Å². The summed E-state index contributed by atoms with van der Waals surface area (Å²) in [5.74, 6) is -0.972. The van der Waals surface area contributed by atoms with Crippen LogP contribution in [0.1, 0.15) is 26.3 Å². The highest BCUT2D eigenvalue weighted by Crippen LogP contribution is 2.50. The number of esters is 1. The first-order valence-corrected chi connectivity index (χ1v) is 11.4. The Hall–Kier alpha value is -1.94. The van der Waals surface area contributed by atoms with Crippen molar-refractivity contribution in [2.75, 3.05) is 26.0 Å². The first-order valence-electron chi connectivity index (χ1n) is 9.70. The molecule has 0 aliphatic rings. The number of carbonyl (C=O) groups excluding carboxylic acids is 1. The van der Waals surface area contributed by atoms with E-state index >= 15 is 0 Å². The van der Waals surface area contributed by atoms with Crippen molar-refractivity contribution >= 4 is 13.6 Å². The molecule has 0 saturated heterocycles. The van der Waals surface area contributed by atoms with Gasteiger partial charge in [0.1, 0.15) is 0 Å². The molecule has 6 heteroatoms. The monoisotopic (exact) mass is 404 g/mol. The van der Waals surface area contributed by atoms with Crippen LogP contribution in [0, 0.1) is 5.92 Å². The second kappa shape index (κ2) is 11.2. The number of benzene rings is 2. The second-order valence-corrected chi connectivity index (χ2v) is 8.45. The Morgan fingerprint density at radius 1 is 0.857 bits per heavy atom. The van der Waals surface area contributed by atoms with E-state index in [9.17, 15) is 9.36 Å². The maximum atomic E-state index is 12.9. The van der Waals surface area contributed by atoms with Gasteiger partial charge in [-0.1, -0.05) is 54.6 Å². The van der Waals surface area contributed by atoms with Crippen molar-refractivity contribution in [1.29, 1.82) is 0 Å². The highest BCUT2D eigenvalue weighted by Gasteiger charge is 2.33. The van der Waals surface area contributed by atoms with Crippen molar-refractivity contribution < 1.29 is 23.1 Å². The molecule has 0 unspecified atom stereocenters. The molecule has 0 radical (unpaired) electrons. The fourth-order valence-corrected chi connectivity index (χ4v) is 4.93. The maximum Gasteiger partial charge on any atom is 0.331 e. The zero-order valence-electron chi connectivity index (χ0n) is 16.8. The van der Waals surface area contributed by atoms with Crippen LogP contribution < -0.4 is 0 Å². The standard InChI is InChI=1S/C22H29O5P/c1-4-25-22(23)21(17-28(24,26-5-2)27-6-3)16-18-12-14-20(15-13-18)19-10-8-7-9-11-19/h7-15,21H,4-6,16-17H2,1-3H3/t21-/m0/s1.